The predicted molar refractivity (Wildman–Crippen MR) is 56.9 cm³/mol. The van der Waals surface area contributed by atoms with Crippen molar-refractivity contribution in [3.05, 3.63) is 29.6 Å². The van der Waals surface area contributed by atoms with Crippen LogP contribution in [0.25, 0.3) is 5.69 Å². The molecule has 0 N–H and O–H groups in total. The maximum atomic E-state index is 8.82. The smallest absolute Gasteiger partial charge is 0.231 e. The SMILES string of the molecule is Cc1c(C#N)nnn1-c1ccc2c(c1)OCO2. The molecule has 0 saturated carbocycles. The van der Waals surface area contributed by atoms with E-state index in [1.54, 1.807) is 11.6 Å². The summed E-state index contributed by atoms with van der Waals surface area (Å²) >= 11 is 0. The Bertz CT molecular complexity index is 627. The molecule has 6 heteroatoms. The number of nitrogens with zero attached hydrogens (tertiary/aromatic N) is 4. The van der Waals surface area contributed by atoms with Crippen LogP contribution in [0, 0.1) is 18.3 Å². The van der Waals surface area contributed by atoms with Gasteiger partial charge in [0.25, 0.3) is 0 Å². The number of nitriles is 1. The van der Waals surface area contributed by atoms with Gasteiger partial charge < -0.3 is 9.47 Å². The standard InChI is InChI=1S/C11H8N4O2/c1-7-9(5-12)13-14-15(7)8-2-3-10-11(4-8)17-6-16-10/h2-4H,6H2,1H3. The quantitative estimate of drug-likeness (QED) is 0.732. The average molecular weight is 228 g/mol. The van der Waals surface area contributed by atoms with Crippen LogP contribution in [-0.2, 0) is 0 Å². The van der Waals surface area contributed by atoms with Crippen molar-refractivity contribution in [2.24, 2.45) is 0 Å². The van der Waals surface area contributed by atoms with Gasteiger partial charge in [-0.25, -0.2) is 4.68 Å². The molecule has 1 aromatic heterocycles. The van der Waals surface area contributed by atoms with Crippen molar-refractivity contribution in [3.8, 4) is 23.3 Å². The van der Waals surface area contributed by atoms with Crippen LogP contribution in [0.2, 0.25) is 0 Å². The van der Waals surface area contributed by atoms with Gasteiger partial charge in [-0.15, -0.1) is 5.10 Å². The first-order chi connectivity index (χ1) is 8.29. The molecule has 0 radical (unpaired) electrons. The van der Waals surface area contributed by atoms with Gasteiger partial charge in [0.1, 0.15) is 6.07 Å². The van der Waals surface area contributed by atoms with Crippen LogP contribution in [-0.4, -0.2) is 21.8 Å². The van der Waals surface area contributed by atoms with Crippen molar-refractivity contribution in [3.63, 3.8) is 0 Å². The predicted octanol–water partition coefficient (Wildman–Crippen LogP) is 1.18. The minimum atomic E-state index is 0.235. The third-order valence-electron chi connectivity index (χ3n) is 2.60. The van der Waals surface area contributed by atoms with E-state index < -0.39 is 0 Å². The fraction of sp³-hybridized carbons (Fsp3) is 0.182. The number of benzene rings is 1. The molecule has 2 heterocycles. The molecule has 0 saturated heterocycles. The van der Waals surface area contributed by atoms with Crippen molar-refractivity contribution in [1.29, 1.82) is 5.26 Å². The molecule has 0 bridgehead atoms. The zero-order valence-electron chi connectivity index (χ0n) is 9.04. The Hall–Kier alpha value is -2.55. The number of ether oxygens (including phenoxy) is 2. The Labute approximate surface area is 97.0 Å². The van der Waals surface area contributed by atoms with Crippen LogP contribution in [0.4, 0.5) is 0 Å². The fourth-order valence-electron chi connectivity index (χ4n) is 1.69. The van der Waals surface area contributed by atoms with E-state index in [0.29, 0.717) is 22.9 Å². The van der Waals surface area contributed by atoms with Crippen LogP contribution >= 0.6 is 0 Å². The number of aromatic nitrogens is 3. The Morgan fingerprint density at radius 2 is 2.18 bits per heavy atom. The zero-order valence-corrected chi connectivity index (χ0v) is 9.04. The second-order valence-corrected chi connectivity index (χ2v) is 3.58. The lowest BCUT2D eigenvalue weighted by Crippen LogP contribution is -1.99. The summed E-state index contributed by atoms with van der Waals surface area (Å²) in [4.78, 5) is 0. The summed E-state index contributed by atoms with van der Waals surface area (Å²) in [6.07, 6.45) is 0. The van der Waals surface area contributed by atoms with Crippen molar-refractivity contribution < 1.29 is 9.47 Å². The highest BCUT2D eigenvalue weighted by atomic mass is 16.7. The van der Waals surface area contributed by atoms with Crippen LogP contribution in [0.1, 0.15) is 11.4 Å². The summed E-state index contributed by atoms with van der Waals surface area (Å²) < 4.78 is 12.1. The van der Waals surface area contributed by atoms with Gasteiger partial charge in [0, 0.05) is 6.07 Å². The van der Waals surface area contributed by atoms with E-state index in [1.165, 1.54) is 0 Å². The number of rotatable bonds is 1. The molecule has 1 aromatic carbocycles. The van der Waals surface area contributed by atoms with E-state index in [4.69, 9.17) is 14.7 Å². The third-order valence-corrected chi connectivity index (χ3v) is 2.60. The average Bonchev–Trinajstić information content (AvgIpc) is 2.94. The van der Waals surface area contributed by atoms with Crippen molar-refractivity contribution in [2.75, 3.05) is 6.79 Å². The molecule has 3 rings (SSSR count). The van der Waals surface area contributed by atoms with E-state index >= 15 is 0 Å². The normalized spacial score (nSPS) is 12.5. The van der Waals surface area contributed by atoms with Gasteiger partial charge >= 0.3 is 0 Å². The third kappa shape index (κ3) is 1.40. The Kier molecular flexibility index (Phi) is 1.98. The van der Waals surface area contributed by atoms with E-state index in [0.717, 1.165) is 5.69 Å². The first-order valence-corrected chi connectivity index (χ1v) is 5.02. The van der Waals surface area contributed by atoms with E-state index in [-0.39, 0.29) is 6.79 Å². The lowest BCUT2D eigenvalue weighted by atomic mass is 10.2. The van der Waals surface area contributed by atoms with Crippen LogP contribution in [0.5, 0.6) is 11.5 Å². The molecule has 0 spiro atoms. The minimum absolute atomic E-state index is 0.235. The van der Waals surface area contributed by atoms with Crippen molar-refractivity contribution in [1.82, 2.24) is 15.0 Å². The van der Waals surface area contributed by atoms with E-state index in [9.17, 15) is 0 Å². The second-order valence-electron chi connectivity index (χ2n) is 3.58. The number of fused-ring (bicyclic) bond motifs is 1. The first-order valence-electron chi connectivity index (χ1n) is 5.02. The molecule has 1 aliphatic heterocycles. The molecular weight excluding hydrogens is 220 g/mol. The molecule has 17 heavy (non-hydrogen) atoms. The first kappa shape index (κ1) is 9.66. The second kappa shape index (κ2) is 3.49. The zero-order chi connectivity index (χ0) is 11.8. The topological polar surface area (TPSA) is 73.0 Å². The number of hydrogen-bond donors (Lipinski definition) is 0. The molecule has 0 amide bonds. The van der Waals surface area contributed by atoms with Crippen LogP contribution in [0.3, 0.4) is 0 Å². The highest BCUT2D eigenvalue weighted by molar-refractivity contribution is 5.50. The van der Waals surface area contributed by atoms with Gasteiger partial charge in [-0.2, -0.15) is 5.26 Å². The maximum Gasteiger partial charge on any atom is 0.231 e. The molecule has 6 nitrogen and oxygen atoms in total. The molecule has 0 atom stereocenters. The molecule has 0 aliphatic carbocycles. The summed E-state index contributed by atoms with van der Waals surface area (Å²) in [5, 5.41) is 16.5. The van der Waals surface area contributed by atoms with Gasteiger partial charge in [-0.1, -0.05) is 5.21 Å². The largest absolute Gasteiger partial charge is 0.454 e. The highest BCUT2D eigenvalue weighted by Gasteiger charge is 2.16. The summed E-state index contributed by atoms with van der Waals surface area (Å²) in [6.45, 7) is 2.03. The van der Waals surface area contributed by atoms with Gasteiger partial charge in [0.2, 0.25) is 6.79 Å². The number of hydrogen-bond acceptors (Lipinski definition) is 5. The van der Waals surface area contributed by atoms with Crippen molar-refractivity contribution in [2.45, 2.75) is 6.92 Å². The Balaban J connectivity index is 2.10. The molecule has 0 unspecified atom stereocenters. The summed E-state index contributed by atoms with van der Waals surface area (Å²) in [5.41, 5.74) is 1.81. The maximum absolute atomic E-state index is 8.82. The van der Waals surface area contributed by atoms with Gasteiger partial charge in [-0.05, 0) is 19.1 Å². The monoisotopic (exact) mass is 228 g/mol. The van der Waals surface area contributed by atoms with Gasteiger partial charge in [0.05, 0.1) is 11.4 Å². The van der Waals surface area contributed by atoms with Crippen molar-refractivity contribution >= 4 is 0 Å². The lowest BCUT2D eigenvalue weighted by Gasteiger charge is -2.03. The molecule has 1 aliphatic rings. The fourth-order valence-corrected chi connectivity index (χ4v) is 1.69. The highest BCUT2D eigenvalue weighted by Crippen LogP contribution is 2.33. The van der Waals surface area contributed by atoms with E-state index in [2.05, 4.69) is 10.3 Å². The molecular formula is C11H8N4O2. The van der Waals surface area contributed by atoms with E-state index in [1.807, 2.05) is 24.3 Å². The summed E-state index contributed by atoms with van der Waals surface area (Å²) in [5.74, 6) is 1.39. The minimum Gasteiger partial charge on any atom is -0.454 e. The van der Waals surface area contributed by atoms with Crippen LogP contribution < -0.4 is 9.47 Å². The molecule has 84 valence electrons. The lowest BCUT2D eigenvalue weighted by molar-refractivity contribution is 0.174. The molecule has 2 aromatic rings. The Morgan fingerprint density at radius 3 is 2.94 bits per heavy atom. The van der Waals surface area contributed by atoms with Gasteiger partial charge in [-0.3, -0.25) is 0 Å². The van der Waals surface area contributed by atoms with Crippen LogP contribution in [0.15, 0.2) is 18.2 Å². The Morgan fingerprint density at radius 1 is 1.35 bits per heavy atom. The van der Waals surface area contributed by atoms with Gasteiger partial charge in [0.15, 0.2) is 17.2 Å². The molecule has 0 fully saturated rings. The summed E-state index contributed by atoms with van der Waals surface area (Å²) in [6, 6.07) is 7.45. The summed E-state index contributed by atoms with van der Waals surface area (Å²) in [7, 11) is 0.